The highest BCUT2D eigenvalue weighted by Gasteiger charge is 2.16. The molecule has 0 N–H and O–H groups in total. The van der Waals surface area contributed by atoms with Crippen LogP contribution in [0.25, 0.3) is 6.08 Å². The van der Waals surface area contributed by atoms with E-state index in [0.29, 0.717) is 5.36 Å². The van der Waals surface area contributed by atoms with Gasteiger partial charge in [0, 0.05) is 11.6 Å². The first-order valence-corrected chi connectivity index (χ1v) is 4.93. The first-order valence-electron chi connectivity index (χ1n) is 4.13. The van der Waals surface area contributed by atoms with Crippen molar-refractivity contribution < 1.29 is 9.53 Å². The van der Waals surface area contributed by atoms with Crippen molar-refractivity contribution in [2.24, 2.45) is 4.99 Å². The predicted molar refractivity (Wildman–Crippen MR) is 55.2 cm³/mol. The molecule has 1 atom stereocenters. The maximum Gasteiger partial charge on any atom is 0.279 e. The fourth-order valence-corrected chi connectivity index (χ4v) is 1.69. The number of nitrogens with zero attached hydrogens (tertiary/aromatic N) is 1. The average Bonchev–Trinajstić information content (AvgIpc) is 2.16. The third-order valence-electron chi connectivity index (χ3n) is 2.05. The molecule has 1 heterocycles. The van der Waals surface area contributed by atoms with Crippen molar-refractivity contribution in [3.8, 4) is 0 Å². The van der Waals surface area contributed by atoms with Gasteiger partial charge in [0.25, 0.3) is 5.91 Å². The Bertz CT molecular complexity index is 495. The van der Waals surface area contributed by atoms with Gasteiger partial charge < -0.3 is 4.74 Å². The Balaban J connectivity index is 2.66. The van der Waals surface area contributed by atoms with Crippen molar-refractivity contribution in [3.05, 3.63) is 33.2 Å². The monoisotopic (exact) mass is 253 g/mol. The van der Waals surface area contributed by atoms with Gasteiger partial charge in [-0.2, -0.15) is 0 Å². The molecule has 0 bridgehead atoms. The summed E-state index contributed by atoms with van der Waals surface area (Å²) in [4.78, 5) is 15.3. The standard InChI is InChI=1S/C10H8BrNO2/c1-14-9-4-6-2-3-7(11)5-8(6)12-10(9)13/h2-5,9H,1H3. The summed E-state index contributed by atoms with van der Waals surface area (Å²) in [5, 5.41) is 1.62. The largest absolute Gasteiger partial charge is 0.367 e. The van der Waals surface area contributed by atoms with Gasteiger partial charge in [0.15, 0.2) is 6.10 Å². The van der Waals surface area contributed by atoms with Crippen LogP contribution in [0.4, 0.5) is 0 Å². The van der Waals surface area contributed by atoms with Crippen LogP contribution in [0.5, 0.6) is 0 Å². The minimum atomic E-state index is -0.538. The Morgan fingerprint density at radius 1 is 1.50 bits per heavy atom. The summed E-state index contributed by atoms with van der Waals surface area (Å²) in [5.74, 6) is -0.252. The second-order valence-corrected chi connectivity index (χ2v) is 3.89. The molecule has 1 amide bonds. The first kappa shape index (κ1) is 9.55. The highest BCUT2D eigenvalue weighted by atomic mass is 79.9. The maximum atomic E-state index is 11.4. The summed E-state index contributed by atoms with van der Waals surface area (Å²) < 4.78 is 5.89. The van der Waals surface area contributed by atoms with Crippen LogP contribution in [0.1, 0.15) is 0 Å². The minimum Gasteiger partial charge on any atom is -0.367 e. The van der Waals surface area contributed by atoms with E-state index < -0.39 is 6.10 Å². The van der Waals surface area contributed by atoms with Gasteiger partial charge in [-0.05, 0) is 23.4 Å². The van der Waals surface area contributed by atoms with Crippen LogP contribution < -0.4 is 10.6 Å². The molecule has 2 rings (SSSR count). The van der Waals surface area contributed by atoms with Gasteiger partial charge in [-0.25, -0.2) is 4.99 Å². The molecule has 1 aromatic rings. The van der Waals surface area contributed by atoms with Crippen LogP contribution in [-0.2, 0) is 9.53 Å². The minimum absolute atomic E-state index is 0.252. The van der Waals surface area contributed by atoms with Gasteiger partial charge in [-0.15, -0.1) is 0 Å². The molecule has 3 nitrogen and oxygen atoms in total. The van der Waals surface area contributed by atoms with Crippen LogP contribution >= 0.6 is 15.9 Å². The van der Waals surface area contributed by atoms with Crippen molar-refractivity contribution >= 4 is 27.9 Å². The molecule has 0 aliphatic carbocycles. The van der Waals surface area contributed by atoms with E-state index >= 15 is 0 Å². The van der Waals surface area contributed by atoms with Crippen LogP contribution in [0.15, 0.2) is 27.7 Å². The van der Waals surface area contributed by atoms with E-state index in [1.807, 2.05) is 18.2 Å². The molecule has 72 valence electrons. The zero-order chi connectivity index (χ0) is 10.1. The first-order chi connectivity index (χ1) is 6.70. The van der Waals surface area contributed by atoms with Gasteiger partial charge in [-0.3, -0.25) is 4.79 Å². The van der Waals surface area contributed by atoms with Gasteiger partial charge >= 0.3 is 0 Å². The number of amides is 1. The van der Waals surface area contributed by atoms with Crippen LogP contribution in [0.3, 0.4) is 0 Å². The molecule has 0 saturated heterocycles. The lowest BCUT2D eigenvalue weighted by molar-refractivity contribution is -0.124. The molecule has 0 saturated carbocycles. The van der Waals surface area contributed by atoms with Crippen molar-refractivity contribution in [1.29, 1.82) is 0 Å². The fraction of sp³-hybridized carbons (Fsp3) is 0.200. The third kappa shape index (κ3) is 1.63. The highest BCUT2D eigenvalue weighted by molar-refractivity contribution is 9.10. The van der Waals surface area contributed by atoms with Gasteiger partial charge in [0.05, 0.1) is 5.36 Å². The molecule has 4 heteroatoms. The Kier molecular flexibility index (Phi) is 2.48. The lowest BCUT2D eigenvalue weighted by Crippen LogP contribution is -2.36. The Morgan fingerprint density at radius 2 is 2.29 bits per heavy atom. The summed E-state index contributed by atoms with van der Waals surface area (Å²) in [5.41, 5.74) is 0. The fourth-order valence-electron chi connectivity index (χ4n) is 1.34. The van der Waals surface area contributed by atoms with Crippen molar-refractivity contribution in [2.45, 2.75) is 6.10 Å². The number of rotatable bonds is 1. The number of methoxy groups -OCH3 is 1. The molecule has 1 aliphatic rings. The average molecular weight is 254 g/mol. The van der Waals surface area contributed by atoms with Gasteiger partial charge in [0.1, 0.15) is 0 Å². The summed E-state index contributed by atoms with van der Waals surface area (Å²) >= 11 is 3.33. The van der Waals surface area contributed by atoms with E-state index in [-0.39, 0.29) is 5.91 Å². The number of benzene rings is 1. The molecule has 1 aromatic carbocycles. The Labute approximate surface area is 89.2 Å². The van der Waals surface area contributed by atoms with E-state index in [9.17, 15) is 4.79 Å². The molecule has 0 fully saturated rings. The quantitative estimate of drug-likeness (QED) is 0.727. The molecule has 1 unspecified atom stereocenters. The summed E-state index contributed by atoms with van der Waals surface area (Å²) in [6, 6.07) is 5.63. The zero-order valence-corrected chi connectivity index (χ0v) is 9.11. The predicted octanol–water partition coefficient (Wildman–Crippen LogP) is 0.404. The number of halogens is 1. The number of hydrogen-bond acceptors (Lipinski definition) is 2. The molecule has 14 heavy (non-hydrogen) atoms. The lowest BCUT2D eigenvalue weighted by atomic mass is 10.2. The van der Waals surface area contributed by atoms with Gasteiger partial charge in [0.2, 0.25) is 0 Å². The number of fused-ring (bicyclic) bond motifs is 1. The van der Waals surface area contributed by atoms with Crippen LogP contribution in [0, 0.1) is 0 Å². The van der Waals surface area contributed by atoms with Crippen LogP contribution in [-0.4, -0.2) is 19.1 Å². The number of carbonyl (C=O) groups is 1. The lowest BCUT2D eigenvalue weighted by Gasteiger charge is -2.09. The van der Waals surface area contributed by atoms with E-state index in [4.69, 9.17) is 4.74 Å². The van der Waals surface area contributed by atoms with Gasteiger partial charge in [-0.1, -0.05) is 22.0 Å². The number of ether oxygens (including phenoxy) is 1. The molecule has 0 spiro atoms. The summed E-state index contributed by atoms with van der Waals surface area (Å²) in [6.07, 6.45) is 1.24. The summed E-state index contributed by atoms with van der Waals surface area (Å²) in [7, 11) is 1.50. The Hall–Kier alpha value is -1.00. The third-order valence-corrected chi connectivity index (χ3v) is 2.54. The van der Waals surface area contributed by atoms with E-state index in [2.05, 4.69) is 20.9 Å². The van der Waals surface area contributed by atoms with E-state index in [1.54, 1.807) is 6.08 Å². The number of carbonyl (C=O) groups excluding carboxylic acids is 1. The van der Waals surface area contributed by atoms with Crippen molar-refractivity contribution in [2.75, 3.05) is 7.11 Å². The molecule has 0 radical (unpaired) electrons. The zero-order valence-electron chi connectivity index (χ0n) is 7.53. The van der Waals surface area contributed by atoms with Crippen molar-refractivity contribution in [1.82, 2.24) is 0 Å². The topological polar surface area (TPSA) is 38.7 Å². The second kappa shape index (κ2) is 3.63. The molecule has 1 aliphatic heterocycles. The van der Waals surface area contributed by atoms with E-state index in [0.717, 1.165) is 9.69 Å². The highest BCUT2D eigenvalue weighted by Crippen LogP contribution is 2.04. The molecule has 0 aromatic heterocycles. The number of hydrogen-bond donors (Lipinski definition) is 0. The normalized spacial score (nSPS) is 19.6. The SMILES string of the molecule is COC1C=c2ccc(Br)cc2=NC1=O. The molecular formula is C10H8BrNO2. The van der Waals surface area contributed by atoms with Crippen molar-refractivity contribution in [3.63, 3.8) is 0 Å². The van der Waals surface area contributed by atoms with E-state index in [1.165, 1.54) is 7.11 Å². The molecular weight excluding hydrogens is 246 g/mol. The summed E-state index contributed by atoms with van der Waals surface area (Å²) in [6.45, 7) is 0. The second-order valence-electron chi connectivity index (χ2n) is 2.98. The smallest absolute Gasteiger partial charge is 0.279 e. The Morgan fingerprint density at radius 3 is 3.00 bits per heavy atom. The maximum absolute atomic E-state index is 11.4. The van der Waals surface area contributed by atoms with Crippen LogP contribution in [0.2, 0.25) is 0 Å².